The van der Waals surface area contributed by atoms with Crippen molar-refractivity contribution in [1.82, 2.24) is 10.2 Å². The minimum absolute atomic E-state index is 0.0929. The van der Waals surface area contributed by atoms with E-state index < -0.39 is 0 Å². The van der Waals surface area contributed by atoms with Crippen LogP contribution < -0.4 is 5.32 Å². The summed E-state index contributed by atoms with van der Waals surface area (Å²) in [6, 6.07) is 0.788. The minimum Gasteiger partial charge on any atom is -0.336 e. The highest BCUT2D eigenvalue weighted by Gasteiger charge is 2.29. The van der Waals surface area contributed by atoms with Crippen LogP contribution in [-0.4, -0.2) is 53.6 Å². The first kappa shape index (κ1) is 16.0. The van der Waals surface area contributed by atoms with Crippen LogP contribution >= 0.6 is 23.5 Å². The lowest BCUT2D eigenvalue weighted by molar-refractivity contribution is 0.187. The Hall–Kier alpha value is -0.0300. The van der Waals surface area contributed by atoms with E-state index in [0.29, 0.717) is 6.04 Å². The molecule has 0 aliphatic heterocycles. The van der Waals surface area contributed by atoms with Gasteiger partial charge in [-0.15, -0.1) is 0 Å². The van der Waals surface area contributed by atoms with Crippen LogP contribution in [0.5, 0.6) is 0 Å². The standard InChI is InChI=1S/C13H26N2OS2/c1-10(7-8-17-3)14-13(16)15(2)11-5-6-12(9-11)18-4/h10-12H,5-9H2,1-4H3,(H,14,16)/t10-,11-,12-/m0/s1. The van der Waals surface area contributed by atoms with Crippen LogP contribution in [0.25, 0.3) is 0 Å². The van der Waals surface area contributed by atoms with E-state index in [0.717, 1.165) is 30.3 Å². The SMILES string of the molecule is CSCC[C@H](C)NC(=O)N(C)[C@H]1CC[C@H](SC)C1. The molecule has 1 saturated carbocycles. The van der Waals surface area contributed by atoms with Crippen molar-refractivity contribution in [2.75, 3.05) is 25.3 Å². The highest BCUT2D eigenvalue weighted by molar-refractivity contribution is 7.99. The third-order valence-corrected chi connectivity index (χ3v) is 5.42. The number of urea groups is 1. The molecular weight excluding hydrogens is 264 g/mol. The van der Waals surface area contributed by atoms with Gasteiger partial charge in [-0.25, -0.2) is 4.79 Å². The second kappa shape index (κ2) is 8.20. The van der Waals surface area contributed by atoms with E-state index >= 15 is 0 Å². The van der Waals surface area contributed by atoms with E-state index in [2.05, 4.69) is 24.8 Å². The van der Waals surface area contributed by atoms with Gasteiger partial charge in [0.05, 0.1) is 0 Å². The lowest BCUT2D eigenvalue weighted by Crippen LogP contribution is -2.46. The number of hydrogen-bond donors (Lipinski definition) is 1. The van der Waals surface area contributed by atoms with Crippen LogP contribution in [0, 0.1) is 0 Å². The van der Waals surface area contributed by atoms with E-state index in [-0.39, 0.29) is 12.1 Å². The Morgan fingerprint density at radius 3 is 2.72 bits per heavy atom. The zero-order valence-electron chi connectivity index (χ0n) is 11.9. The number of nitrogens with one attached hydrogen (secondary N) is 1. The molecule has 0 aromatic rings. The Morgan fingerprint density at radius 1 is 1.44 bits per heavy atom. The number of carbonyl (C=O) groups is 1. The van der Waals surface area contributed by atoms with Crippen molar-refractivity contribution < 1.29 is 4.79 Å². The lowest BCUT2D eigenvalue weighted by atomic mass is 10.2. The van der Waals surface area contributed by atoms with Gasteiger partial charge in [-0.05, 0) is 50.9 Å². The van der Waals surface area contributed by atoms with Crippen molar-refractivity contribution in [3.63, 3.8) is 0 Å². The summed E-state index contributed by atoms with van der Waals surface area (Å²) in [5.41, 5.74) is 0. The average molecular weight is 290 g/mol. The summed E-state index contributed by atoms with van der Waals surface area (Å²) in [7, 11) is 1.93. The molecule has 0 radical (unpaired) electrons. The molecule has 1 aliphatic rings. The fourth-order valence-corrected chi connectivity index (χ4v) is 3.70. The summed E-state index contributed by atoms with van der Waals surface area (Å²) in [5.74, 6) is 1.10. The normalized spacial score (nSPS) is 24.9. The quantitative estimate of drug-likeness (QED) is 0.816. The predicted molar refractivity (Wildman–Crippen MR) is 83.7 cm³/mol. The van der Waals surface area contributed by atoms with Gasteiger partial charge in [0.15, 0.2) is 0 Å². The molecule has 0 saturated heterocycles. The number of amides is 2. The molecule has 0 unspecified atom stereocenters. The van der Waals surface area contributed by atoms with Gasteiger partial charge in [0.1, 0.15) is 0 Å². The molecular formula is C13H26N2OS2. The molecule has 1 aliphatic carbocycles. The summed E-state index contributed by atoms with van der Waals surface area (Å²) in [6.45, 7) is 2.08. The van der Waals surface area contributed by atoms with Crippen molar-refractivity contribution in [2.24, 2.45) is 0 Å². The van der Waals surface area contributed by atoms with Gasteiger partial charge in [-0.2, -0.15) is 23.5 Å². The van der Waals surface area contributed by atoms with Crippen LogP contribution in [0.4, 0.5) is 4.79 Å². The first-order chi connectivity index (χ1) is 8.58. The van der Waals surface area contributed by atoms with E-state index in [4.69, 9.17) is 0 Å². The van der Waals surface area contributed by atoms with E-state index in [9.17, 15) is 4.79 Å². The van der Waals surface area contributed by atoms with Crippen LogP contribution in [0.2, 0.25) is 0 Å². The second-order valence-electron chi connectivity index (χ2n) is 5.07. The molecule has 5 heteroatoms. The fraction of sp³-hybridized carbons (Fsp3) is 0.923. The zero-order valence-corrected chi connectivity index (χ0v) is 13.6. The molecule has 1 N–H and O–H groups in total. The zero-order chi connectivity index (χ0) is 13.5. The van der Waals surface area contributed by atoms with Crippen molar-refractivity contribution in [1.29, 1.82) is 0 Å². The van der Waals surface area contributed by atoms with Gasteiger partial charge >= 0.3 is 6.03 Å². The molecule has 18 heavy (non-hydrogen) atoms. The van der Waals surface area contributed by atoms with Crippen molar-refractivity contribution in [3.8, 4) is 0 Å². The number of rotatable bonds is 6. The topological polar surface area (TPSA) is 32.3 Å². The summed E-state index contributed by atoms with van der Waals surface area (Å²) in [4.78, 5) is 14.0. The second-order valence-corrected chi connectivity index (χ2v) is 7.19. The Kier molecular flexibility index (Phi) is 7.30. The van der Waals surface area contributed by atoms with Gasteiger partial charge in [0.25, 0.3) is 0 Å². The maximum Gasteiger partial charge on any atom is 0.317 e. The molecule has 3 atom stereocenters. The number of thioether (sulfide) groups is 2. The minimum atomic E-state index is 0.0929. The molecule has 0 heterocycles. The van der Waals surface area contributed by atoms with Gasteiger partial charge < -0.3 is 10.2 Å². The van der Waals surface area contributed by atoms with Gasteiger partial charge in [-0.3, -0.25) is 0 Å². The molecule has 0 aromatic carbocycles. The van der Waals surface area contributed by atoms with Crippen molar-refractivity contribution >= 4 is 29.6 Å². The van der Waals surface area contributed by atoms with E-state index in [1.54, 1.807) is 0 Å². The Morgan fingerprint density at radius 2 is 2.17 bits per heavy atom. The molecule has 0 aromatic heterocycles. The predicted octanol–water partition coefficient (Wildman–Crippen LogP) is 3.05. The highest BCUT2D eigenvalue weighted by atomic mass is 32.2. The molecule has 2 amide bonds. The third kappa shape index (κ3) is 4.92. The maximum absolute atomic E-state index is 12.1. The van der Waals surface area contributed by atoms with Gasteiger partial charge in [0.2, 0.25) is 0 Å². The monoisotopic (exact) mass is 290 g/mol. The molecule has 106 valence electrons. The molecule has 0 bridgehead atoms. The van der Waals surface area contributed by atoms with Crippen LogP contribution in [-0.2, 0) is 0 Å². The number of hydrogen-bond acceptors (Lipinski definition) is 3. The summed E-state index contributed by atoms with van der Waals surface area (Å²) in [5, 5.41) is 3.83. The summed E-state index contributed by atoms with van der Waals surface area (Å²) in [6.07, 6.45) is 8.84. The summed E-state index contributed by atoms with van der Waals surface area (Å²) < 4.78 is 0. The Labute approximate surface area is 120 Å². The smallest absolute Gasteiger partial charge is 0.317 e. The van der Waals surface area contributed by atoms with Crippen LogP contribution in [0.15, 0.2) is 0 Å². The van der Waals surface area contributed by atoms with Crippen LogP contribution in [0.1, 0.15) is 32.6 Å². The Bertz CT molecular complexity index is 263. The van der Waals surface area contributed by atoms with Crippen molar-refractivity contribution in [2.45, 2.75) is 49.9 Å². The highest BCUT2D eigenvalue weighted by Crippen LogP contribution is 2.30. The molecule has 0 spiro atoms. The first-order valence-corrected chi connectivity index (χ1v) is 9.31. The third-order valence-electron chi connectivity index (χ3n) is 3.68. The first-order valence-electron chi connectivity index (χ1n) is 6.63. The van der Waals surface area contributed by atoms with Crippen molar-refractivity contribution in [3.05, 3.63) is 0 Å². The average Bonchev–Trinajstić information content (AvgIpc) is 2.83. The number of carbonyl (C=O) groups excluding carboxylic acids is 1. The van der Waals surface area contributed by atoms with Gasteiger partial charge in [-0.1, -0.05) is 0 Å². The van der Waals surface area contributed by atoms with Crippen LogP contribution in [0.3, 0.4) is 0 Å². The summed E-state index contributed by atoms with van der Waals surface area (Å²) >= 11 is 3.76. The molecule has 3 nitrogen and oxygen atoms in total. The molecule has 1 fully saturated rings. The van der Waals surface area contributed by atoms with Gasteiger partial charge in [0, 0.05) is 24.4 Å². The molecule has 1 rings (SSSR count). The Balaban J connectivity index is 2.32. The number of nitrogens with zero attached hydrogens (tertiary/aromatic N) is 1. The van der Waals surface area contributed by atoms with E-state index in [1.807, 2.05) is 35.5 Å². The largest absolute Gasteiger partial charge is 0.336 e. The lowest BCUT2D eigenvalue weighted by Gasteiger charge is -2.26. The van der Waals surface area contributed by atoms with E-state index in [1.165, 1.54) is 6.42 Å². The fourth-order valence-electron chi connectivity index (χ4n) is 2.33. The maximum atomic E-state index is 12.1.